The van der Waals surface area contributed by atoms with Gasteiger partial charge in [0.15, 0.2) is 0 Å². The lowest BCUT2D eigenvalue weighted by Crippen LogP contribution is -2.52. The molecule has 1 aromatic carbocycles. The minimum Gasteiger partial charge on any atom is -0.497 e. The van der Waals surface area contributed by atoms with Crippen LogP contribution in [-0.4, -0.2) is 55.8 Å². The van der Waals surface area contributed by atoms with E-state index in [4.69, 9.17) is 4.74 Å². The van der Waals surface area contributed by atoms with Gasteiger partial charge in [0.25, 0.3) is 5.91 Å². The zero-order valence-corrected chi connectivity index (χ0v) is 16.6. The number of piperidine rings is 1. The second-order valence-electron chi connectivity index (χ2n) is 7.37. The molecule has 156 valence electrons. The SMILES string of the molecule is COc1ccnc(-c2cn(-c3ccc4c(c3)C(=O)N(C3CCC(=O)NC3=O)C4)nn2)c1. The van der Waals surface area contributed by atoms with E-state index in [9.17, 15) is 14.4 Å². The van der Waals surface area contributed by atoms with Crippen molar-refractivity contribution in [3.63, 3.8) is 0 Å². The third kappa shape index (κ3) is 3.31. The minimum absolute atomic E-state index is 0.224. The molecule has 1 saturated heterocycles. The summed E-state index contributed by atoms with van der Waals surface area (Å²) in [6.07, 6.45) is 3.91. The van der Waals surface area contributed by atoms with E-state index in [2.05, 4.69) is 20.6 Å². The minimum atomic E-state index is -0.641. The molecule has 10 nitrogen and oxygen atoms in total. The molecule has 4 heterocycles. The summed E-state index contributed by atoms with van der Waals surface area (Å²) in [5.41, 5.74) is 3.19. The van der Waals surface area contributed by atoms with E-state index in [-0.39, 0.29) is 18.2 Å². The molecule has 3 amide bonds. The second-order valence-corrected chi connectivity index (χ2v) is 7.37. The van der Waals surface area contributed by atoms with E-state index >= 15 is 0 Å². The Morgan fingerprint density at radius 1 is 1.13 bits per heavy atom. The molecule has 1 fully saturated rings. The Morgan fingerprint density at radius 3 is 2.81 bits per heavy atom. The number of imide groups is 1. The summed E-state index contributed by atoms with van der Waals surface area (Å²) in [4.78, 5) is 42.4. The highest BCUT2D eigenvalue weighted by Gasteiger charge is 2.39. The van der Waals surface area contributed by atoms with E-state index in [1.807, 2.05) is 12.1 Å². The van der Waals surface area contributed by atoms with Gasteiger partial charge in [-0.05, 0) is 30.2 Å². The molecule has 3 aromatic rings. The number of nitrogens with zero attached hydrogens (tertiary/aromatic N) is 5. The van der Waals surface area contributed by atoms with E-state index < -0.39 is 11.9 Å². The van der Waals surface area contributed by atoms with Gasteiger partial charge < -0.3 is 9.64 Å². The number of rotatable bonds is 4. The lowest BCUT2D eigenvalue weighted by atomic mass is 10.0. The van der Waals surface area contributed by atoms with E-state index in [0.717, 1.165) is 5.56 Å². The summed E-state index contributed by atoms with van der Waals surface area (Å²) < 4.78 is 6.79. The number of hydrogen-bond donors (Lipinski definition) is 1. The van der Waals surface area contributed by atoms with Crippen molar-refractivity contribution in [1.29, 1.82) is 0 Å². The first-order valence-electron chi connectivity index (χ1n) is 9.74. The van der Waals surface area contributed by atoms with Crippen LogP contribution in [0.2, 0.25) is 0 Å². The summed E-state index contributed by atoms with van der Waals surface area (Å²) in [5.74, 6) is -0.304. The van der Waals surface area contributed by atoms with Crippen LogP contribution in [0.1, 0.15) is 28.8 Å². The van der Waals surface area contributed by atoms with Gasteiger partial charge in [0.05, 0.1) is 24.7 Å². The normalized spacial score (nSPS) is 18.2. The van der Waals surface area contributed by atoms with E-state index in [0.29, 0.717) is 41.4 Å². The van der Waals surface area contributed by atoms with Gasteiger partial charge in [0, 0.05) is 30.8 Å². The van der Waals surface area contributed by atoms with Gasteiger partial charge >= 0.3 is 0 Å². The molecule has 2 aliphatic heterocycles. The van der Waals surface area contributed by atoms with E-state index in [1.54, 1.807) is 42.4 Å². The number of pyridine rings is 1. The van der Waals surface area contributed by atoms with Crippen molar-refractivity contribution in [3.05, 3.63) is 53.9 Å². The van der Waals surface area contributed by atoms with Crippen LogP contribution in [0.15, 0.2) is 42.7 Å². The van der Waals surface area contributed by atoms with Crippen molar-refractivity contribution in [2.75, 3.05) is 7.11 Å². The molecule has 5 rings (SSSR count). The fourth-order valence-corrected chi connectivity index (χ4v) is 3.87. The monoisotopic (exact) mass is 418 g/mol. The maximum atomic E-state index is 13.0. The van der Waals surface area contributed by atoms with Gasteiger partial charge in [-0.15, -0.1) is 5.10 Å². The van der Waals surface area contributed by atoms with Gasteiger partial charge in [0.2, 0.25) is 11.8 Å². The number of carbonyl (C=O) groups is 3. The summed E-state index contributed by atoms with van der Waals surface area (Å²) in [7, 11) is 1.58. The lowest BCUT2D eigenvalue weighted by molar-refractivity contribution is -0.136. The number of nitrogens with one attached hydrogen (secondary N) is 1. The summed E-state index contributed by atoms with van der Waals surface area (Å²) >= 11 is 0. The largest absolute Gasteiger partial charge is 0.497 e. The first-order valence-corrected chi connectivity index (χ1v) is 9.74. The van der Waals surface area contributed by atoms with Crippen LogP contribution in [0.3, 0.4) is 0 Å². The quantitative estimate of drug-likeness (QED) is 0.630. The average Bonchev–Trinajstić information content (AvgIpc) is 3.39. The summed E-state index contributed by atoms with van der Waals surface area (Å²) in [5, 5.41) is 10.6. The maximum Gasteiger partial charge on any atom is 0.255 e. The Hall–Kier alpha value is -4.08. The van der Waals surface area contributed by atoms with Crippen LogP contribution in [0, 0.1) is 0 Å². The van der Waals surface area contributed by atoms with Crippen molar-refractivity contribution < 1.29 is 19.1 Å². The van der Waals surface area contributed by atoms with Crippen molar-refractivity contribution in [2.45, 2.75) is 25.4 Å². The predicted octanol–water partition coefficient (Wildman–Crippen LogP) is 1.10. The van der Waals surface area contributed by atoms with Crippen LogP contribution in [0.5, 0.6) is 5.75 Å². The Kier molecular flexibility index (Phi) is 4.46. The van der Waals surface area contributed by atoms with Crippen LogP contribution in [-0.2, 0) is 16.1 Å². The highest BCUT2D eigenvalue weighted by Crippen LogP contribution is 2.29. The molecule has 1 unspecified atom stereocenters. The zero-order chi connectivity index (χ0) is 21.5. The first kappa shape index (κ1) is 18.9. The van der Waals surface area contributed by atoms with Crippen LogP contribution in [0.25, 0.3) is 17.1 Å². The Morgan fingerprint density at radius 2 is 2.00 bits per heavy atom. The Bertz CT molecular complexity index is 1220. The molecule has 0 saturated carbocycles. The number of carbonyl (C=O) groups excluding carboxylic acids is 3. The van der Waals surface area contributed by atoms with Gasteiger partial charge in [-0.25, -0.2) is 4.68 Å². The maximum absolute atomic E-state index is 13.0. The summed E-state index contributed by atoms with van der Waals surface area (Å²) in [6.45, 7) is 0.330. The fraction of sp³-hybridized carbons (Fsp3) is 0.238. The second kappa shape index (κ2) is 7.31. The van der Waals surface area contributed by atoms with Crippen LogP contribution >= 0.6 is 0 Å². The summed E-state index contributed by atoms with van der Waals surface area (Å²) in [6, 6.07) is 8.29. The van der Waals surface area contributed by atoms with Gasteiger partial charge in [-0.1, -0.05) is 11.3 Å². The number of fused-ring (bicyclic) bond motifs is 1. The van der Waals surface area contributed by atoms with Crippen LogP contribution < -0.4 is 10.1 Å². The molecular weight excluding hydrogens is 400 g/mol. The first-order chi connectivity index (χ1) is 15.0. The molecule has 10 heteroatoms. The highest BCUT2D eigenvalue weighted by atomic mass is 16.5. The standard InChI is InChI=1S/C21H18N6O4/c1-31-14-6-7-22-16(9-14)17-11-27(25-24-17)13-3-2-12-10-26(21(30)15(12)8-13)18-4-5-19(28)23-20(18)29/h2-3,6-9,11,18H,4-5,10H2,1H3,(H,23,28,29). The van der Waals surface area contributed by atoms with Gasteiger partial charge in [-0.2, -0.15) is 0 Å². The fourth-order valence-electron chi connectivity index (χ4n) is 3.87. The third-order valence-electron chi connectivity index (χ3n) is 5.50. The third-order valence-corrected chi connectivity index (χ3v) is 5.50. The number of aromatic nitrogens is 4. The predicted molar refractivity (Wildman–Crippen MR) is 107 cm³/mol. The Labute approximate surface area is 176 Å². The highest BCUT2D eigenvalue weighted by molar-refractivity contribution is 6.05. The van der Waals surface area contributed by atoms with E-state index in [1.165, 1.54) is 4.90 Å². The van der Waals surface area contributed by atoms with Crippen molar-refractivity contribution in [2.24, 2.45) is 0 Å². The zero-order valence-electron chi connectivity index (χ0n) is 16.6. The number of amides is 3. The van der Waals surface area contributed by atoms with Crippen molar-refractivity contribution in [1.82, 2.24) is 30.2 Å². The molecule has 1 atom stereocenters. The van der Waals surface area contributed by atoms with Crippen molar-refractivity contribution in [3.8, 4) is 22.8 Å². The van der Waals surface area contributed by atoms with Gasteiger partial charge in [0.1, 0.15) is 17.5 Å². The topological polar surface area (TPSA) is 119 Å². The molecule has 0 radical (unpaired) electrons. The lowest BCUT2D eigenvalue weighted by Gasteiger charge is -2.29. The molecule has 2 aliphatic rings. The average molecular weight is 418 g/mol. The molecule has 0 bridgehead atoms. The van der Waals surface area contributed by atoms with Crippen LogP contribution in [0.4, 0.5) is 0 Å². The number of ether oxygens (including phenoxy) is 1. The molecule has 31 heavy (non-hydrogen) atoms. The van der Waals surface area contributed by atoms with Gasteiger partial charge in [-0.3, -0.25) is 24.7 Å². The molecule has 1 N–H and O–H groups in total. The number of hydrogen-bond acceptors (Lipinski definition) is 7. The number of benzene rings is 1. The Balaban J connectivity index is 1.41. The molecule has 0 aliphatic carbocycles. The molecule has 0 spiro atoms. The number of methoxy groups -OCH3 is 1. The smallest absolute Gasteiger partial charge is 0.255 e. The van der Waals surface area contributed by atoms with Crippen molar-refractivity contribution >= 4 is 17.7 Å². The molecule has 2 aromatic heterocycles. The molecular formula is C21H18N6O4.